The van der Waals surface area contributed by atoms with E-state index in [-0.39, 0.29) is 0 Å². The number of hydrogen-bond acceptors (Lipinski definition) is 5. The first-order chi connectivity index (χ1) is 10.0. The van der Waals surface area contributed by atoms with Crippen LogP contribution in [0.3, 0.4) is 0 Å². The van der Waals surface area contributed by atoms with E-state index in [0.717, 1.165) is 43.5 Å². The van der Waals surface area contributed by atoms with E-state index in [2.05, 4.69) is 48.0 Å². The molecule has 2 heterocycles. The molecule has 1 aromatic heterocycles. The number of aryl methyl sites for hydroxylation is 1. The maximum Gasteiger partial charge on any atom is 0.137 e. The highest BCUT2D eigenvalue weighted by Crippen LogP contribution is 2.27. The van der Waals surface area contributed by atoms with Gasteiger partial charge >= 0.3 is 0 Å². The Morgan fingerprint density at radius 3 is 2.43 bits per heavy atom. The maximum atomic E-state index is 4.70. The number of rotatable bonds is 5. The molecule has 1 aliphatic rings. The molecule has 1 fully saturated rings. The SMILES string of the molecule is CCCNc1nc(C)nc(N2CCC(N(C)C)CC2)c1C. The van der Waals surface area contributed by atoms with Gasteiger partial charge in [0.1, 0.15) is 17.5 Å². The summed E-state index contributed by atoms with van der Waals surface area (Å²) in [7, 11) is 4.35. The Labute approximate surface area is 128 Å². The topological polar surface area (TPSA) is 44.3 Å². The lowest BCUT2D eigenvalue weighted by molar-refractivity contribution is 0.249. The van der Waals surface area contributed by atoms with Gasteiger partial charge in [-0.25, -0.2) is 9.97 Å². The monoisotopic (exact) mass is 291 g/mol. The zero-order valence-electron chi connectivity index (χ0n) is 14.1. The predicted octanol–water partition coefficient (Wildman–Crippen LogP) is 2.45. The lowest BCUT2D eigenvalue weighted by Crippen LogP contribution is -2.42. The van der Waals surface area contributed by atoms with Crippen molar-refractivity contribution in [2.75, 3.05) is 43.9 Å². The van der Waals surface area contributed by atoms with Gasteiger partial charge in [-0.1, -0.05) is 6.92 Å². The molecule has 118 valence electrons. The van der Waals surface area contributed by atoms with E-state index in [1.807, 2.05) is 6.92 Å². The normalized spacial score (nSPS) is 16.6. The second-order valence-electron chi connectivity index (χ2n) is 6.18. The second-order valence-corrected chi connectivity index (χ2v) is 6.18. The number of nitrogens with one attached hydrogen (secondary N) is 1. The quantitative estimate of drug-likeness (QED) is 0.903. The van der Waals surface area contributed by atoms with Crippen molar-refractivity contribution in [2.45, 2.75) is 46.1 Å². The van der Waals surface area contributed by atoms with Gasteiger partial charge in [0.25, 0.3) is 0 Å². The number of hydrogen-bond donors (Lipinski definition) is 1. The van der Waals surface area contributed by atoms with E-state index in [9.17, 15) is 0 Å². The van der Waals surface area contributed by atoms with Crippen LogP contribution < -0.4 is 10.2 Å². The average Bonchev–Trinajstić information content (AvgIpc) is 2.48. The lowest BCUT2D eigenvalue weighted by atomic mass is 10.0. The van der Waals surface area contributed by atoms with Gasteiger partial charge in [-0.15, -0.1) is 0 Å². The smallest absolute Gasteiger partial charge is 0.137 e. The molecule has 1 aliphatic heterocycles. The van der Waals surface area contributed by atoms with Crippen LogP contribution in [0.15, 0.2) is 0 Å². The van der Waals surface area contributed by atoms with Crippen molar-refractivity contribution in [1.82, 2.24) is 14.9 Å². The summed E-state index contributed by atoms with van der Waals surface area (Å²) in [5, 5.41) is 3.42. The standard InChI is InChI=1S/C16H29N5/c1-6-9-17-15-12(2)16(19-13(3)18-15)21-10-7-14(8-11-21)20(4)5/h14H,6-11H2,1-5H3,(H,17,18,19). The molecular weight excluding hydrogens is 262 g/mol. The Balaban J connectivity index is 2.14. The highest BCUT2D eigenvalue weighted by molar-refractivity contribution is 5.58. The fraction of sp³-hybridized carbons (Fsp3) is 0.750. The molecule has 0 atom stereocenters. The number of nitrogens with zero attached hydrogens (tertiary/aromatic N) is 4. The van der Waals surface area contributed by atoms with Crippen molar-refractivity contribution in [3.63, 3.8) is 0 Å². The summed E-state index contributed by atoms with van der Waals surface area (Å²) in [4.78, 5) is 14.0. The van der Waals surface area contributed by atoms with Crippen LogP contribution in [0.25, 0.3) is 0 Å². The van der Waals surface area contributed by atoms with E-state index in [4.69, 9.17) is 4.98 Å². The number of aromatic nitrogens is 2. The molecule has 0 radical (unpaired) electrons. The molecule has 0 amide bonds. The number of anilines is 2. The molecular formula is C16H29N5. The highest BCUT2D eigenvalue weighted by Gasteiger charge is 2.23. The minimum absolute atomic E-state index is 0.696. The molecule has 2 rings (SSSR count). The van der Waals surface area contributed by atoms with E-state index in [1.165, 1.54) is 18.4 Å². The molecule has 1 saturated heterocycles. The third kappa shape index (κ3) is 3.84. The van der Waals surface area contributed by atoms with Crippen molar-refractivity contribution >= 4 is 11.6 Å². The van der Waals surface area contributed by atoms with Gasteiger partial charge in [0.05, 0.1) is 0 Å². The van der Waals surface area contributed by atoms with E-state index in [1.54, 1.807) is 0 Å². The lowest BCUT2D eigenvalue weighted by Gasteiger charge is -2.36. The third-order valence-electron chi connectivity index (χ3n) is 4.27. The van der Waals surface area contributed by atoms with Gasteiger partial charge in [-0.3, -0.25) is 0 Å². The van der Waals surface area contributed by atoms with Crippen LogP contribution in [-0.2, 0) is 0 Å². The predicted molar refractivity (Wildman–Crippen MR) is 89.2 cm³/mol. The minimum atomic E-state index is 0.696. The maximum absolute atomic E-state index is 4.70. The van der Waals surface area contributed by atoms with Gasteiger partial charge in [-0.2, -0.15) is 0 Å². The zero-order chi connectivity index (χ0) is 15.4. The molecule has 5 nitrogen and oxygen atoms in total. The number of piperidine rings is 1. The molecule has 0 bridgehead atoms. The first-order valence-corrected chi connectivity index (χ1v) is 8.03. The van der Waals surface area contributed by atoms with Crippen molar-refractivity contribution < 1.29 is 0 Å². The molecule has 0 saturated carbocycles. The van der Waals surface area contributed by atoms with Crippen molar-refractivity contribution in [3.8, 4) is 0 Å². The summed E-state index contributed by atoms with van der Waals surface area (Å²) < 4.78 is 0. The van der Waals surface area contributed by atoms with Crippen LogP contribution in [-0.4, -0.2) is 54.6 Å². The van der Waals surface area contributed by atoms with Crippen LogP contribution in [0.2, 0.25) is 0 Å². The minimum Gasteiger partial charge on any atom is -0.370 e. The van der Waals surface area contributed by atoms with Crippen molar-refractivity contribution in [1.29, 1.82) is 0 Å². The first-order valence-electron chi connectivity index (χ1n) is 8.03. The fourth-order valence-corrected chi connectivity index (χ4v) is 2.93. The molecule has 5 heteroatoms. The Morgan fingerprint density at radius 1 is 1.19 bits per heavy atom. The second kappa shape index (κ2) is 7.07. The summed E-state index contributed by atoms with van der Waals surface area (Å²) in [6, 6.07) is 0.696. The Hall–Kier alpha value is -1.36. The molecule has 0 unspecified atom stereocenters. The van der Waals surface area contributed by atoms with Gasteiger partial charge in [0.15, 0.2) is 0 Å². The van der Waals surface area contributed by atoms with E-state index < -0.39 is 0 Å². The van der Waals surface area contributed by atoms with Gasteiger partial charge in [-0.05, 0) is 47.2 Å². The molecule has 0 aromatic carbocycles. The van der Waals surface area contributed by atoms with Gasteiger partial charge < -0.3 is 15.1 Å². The molecule has 0 aliphatic carbocycles. The summed E-state index contributed by atoms with van der Waals surface area (Å²) in [5.74, 6) is 2.95. The Morgan fingerprint density at radius 2 is 1.86 bits per heavy atom. The van der Waals surface area contributed by atoms with Crippen LogP contribution in [0.5, 0.6) is 0 Å². The molecule has 1 aromatic rings. The van der Waals surface area contributed by atoms with Crippen molar-refractivity contribution in [3.05, 3.63) is 11.4 Å². The molecule has 0 spiro atoms. The van der Waals surface area contributed by atoms with Crippen LogP contribution >= 0.6 is 0 Å². The van der Waals surface area contributed by atoms with Crippen LogP contribution in [0.1, 0.15) is 37.6 Å². The zero-order valence-corrected chi connectivity index (χ0v) is 14.1. The Bertz CT molecular complexity index is 464. The van der Waals surface area contributed by atoms with Crippen molar-refractivity contribution in [2.24, 2.45) is 0 Å². The first kappa shape index (κ1) is 16.0. The highest BCUT2D eigenvalue weighted by atomic mass is 15.2. The Kier molecular flexibility index (Phi) is 5.39. The van der Waals surface area contributed by atoms with Gasteiger partial charge in [0.2, 0.25) is 0 Å². The van der Waals surface area contributed by atoms with Crippen LogP contribution in [0.4, 0.5) is 11.6 Å². The summed E-state index contributed by atoms with van der Waals surface area (Å²) in [6.07, 6.45) is 3.51. The summed E-state index contributed by atoms with van der Waals surface area (Å²) in [5.41, 5.74) is 1.18. The van der Waals surface area contributed by atoms with E-state index >= 15 is 0 Å². The largest absolute Gasteiger partial charge is 0.370 e. The average molecular weight is 291 g/mol. The van der Waals surface area contributed by atoms with Gasteiger partial charge in [0, 0.05) is 31.2 Å². The third-order valence-corrected chi connectivity index (χ3v) is 4.27. The molecule has 1 N–H and O–H groups in total. The van der Waals surface area contributed by atoms with Crippen LogP contribution in [0, 0.1) is 13.8 Å². The summed E-state index contributed by atoms with van der Waals surface area (Å²) in [6.45, 7) is 9.39. The molecule has 21 heavy (non-hydrogen) atoms. The summed E-state index contributed by atoms with van der Waals surface area (Å²) >= 11 is 0. The fourth-order valence-electron chi connectivity index (χ4n) is 2.93. The van der Waals surface area contributed by atoms with E-state index in [0.29, 0.717) is 6.04 Å².